The fourth-order valence-corrected chi connectivity index (χ4v) is 3.13. The first kappa shape index (κ1) is 42.9. The largest absolute Gasteiger partial charge is 0.448 e. The van der Waals surface area contributed by atoms with Gasteiger partial charge >= 0.3 is 11.9 Å². The van der Waals surface area contributed by atoms with Crippen LogP contribution in [0, 0.1) is 0 Å². The predicted molar refractivity (Wildman–Crippen MR) is 200 cm³/mol. The standard InChI is InChI=1S/C7H12NO2P3.C6H8NO2P.C2H6.CHI3.CH2I2.CH4/c1-4-2-5(7(9)10-11)6(3-4)8-13-12;7-5-3-1-2-4(5)6(8)9-10;1-2;2-1(3)4;2-1-3;/h3,8,13H,2,11-12H2,1H3;1,3H,2,7,10H2;1-2H3;1H;1H2;1H4. The minimum atomic E-state index is -0.368. The van der Waals surface area contributed by atoms with Crippen molar-refractivity contribution >= 4 is 161 Å². The normalized spacial score (nSPS) is 13.3. The molecule has 15 heteroatoms. The Morgan fingerprint density at radius 3 is 1.91 bits per heavy atom. The highest BCUT2D eigenvalue weighted by atomic mass is 127. The molecule has 0 bridgehead atoms. The summed E-state index contributed by atoms with van der Waals surface area (Å²) < 4.78 is 10.9. The zero-order valence-corrected chi connectivity index (χ0v) is 33.0. The number of hydrogen-bond acceptors (Lipinski definition) is 6. The van der Waals surface area contributed by atoms with Crippen molar-refractivity contribution < 1.29 is 18.6 Å². The second-order valence-corrected chi connectivity index (χ2v) is 22.2. The average molecular weight is 1100 g/mol. The van der Waals surface area contributed by atoms with Gasteiger partial charge in [0.15, 0.2) is 0 Å². The summed E-state index contributed by atoms with van der Waals surface area (Å²) in [5, 5.41) is 3.12. The highest BCUT2D eigenvalue weighted by molar-refractivity contribution is 14.3. The molecule has 2 aliphatic carbocycles. The lowest BCUT2D eigenvalue weighted by molar-refractivity contribution is -0.130. The van der Waals surface area contributed by atoms with Crippen LogP contribution in [-0.2, 0) is 18.6 Å². The summed E-state index contributed by atoms with van der Waals surface area (Å²) in [4.78, 5) is 22.1. The topological polar surface area (TPSA) is 90.6 Å². The molecule has 6 nitrogen and oxygen atoms in total. The molecule has 0 heterocycles. The van der Waals surface area contributed by atoms with Gasteiger partial charge < -0.3 is 19.9 Å². The molecule has 2 aliphatic rings. The summed E-state index contributed by atoms with van der Waals surface area (Å²) >= 11 is 11.5. The molecule has 0 aromatic rings. The molecule has 0 saturated heterocycles. The minimum absolute atomic E-state index is 0. The molecule has 0 aromatic heterocycles. The number of alkyl halides is 5. The minimum Gasteiger partial charge on any atom is -0.448 e. The Bertz CT molecular complexity index is 688. The lowest BCUT2D eigenvalue weighted by Gasteiger charge is -2.05. The van der Waals surface area contributed by atoms with E-state index in [9.17, 15) is 9.59 Å². The Hall–Kier alpha value is 2.87. The summed E-state index contributed by atoms with van der Waals surface area (Å²) in [7, 11) is 6.96. The summed E-state index contributed by atoms with van der Waals surface area (Å²) in [5.74, 6) is -0.642. The van der Waals surface area contributed by atoms with Crippen molar-refractivity contribution in [2.24, 2.45) is 5.73 Å². The molecule has 0 amide bonds. The Balaban J connectivity index is -0.000000187. The van der Waals surface area contributed by atoms with Crippen molar-refractivity contribution in [1.29, 1.82) is 0 Å². The van der Waals surface area contributed by atoms with Crippen molar-refractivity contribution in [1.82, 2.24) is 5.09 Å². The smallest absolute Gasteiger partial charge is 0.338 e. The quantitative estimate of drug-likeness (QED) is 0.167. The van der Waals surface area contributed by atoms with Gasteiger partial charge in [-0.05, 0) is 33.9 Å². The van der Waals surface area contributed by atoms with Crippen LogP contribution in [0.4, 0.5) is 0 Å². The molecule has 0 radical (unpaired) electrons. The number of allylic oxidation sites excluding steroid dienone is 4. The van der Waals surface area contributed by atoms with Gasteiger partial charge in [-0.15, -0.1) is 0 Å². The van der Waals surface area contributed by atoms with Crippen molar-refractivity contribution in [3.63, 3.8) is 0 Å². The molecule has 4 unspecified atom stereocenters. The maximum Gasteiger partial charge on any atom is 0.338 e. The SMILES string of the molecule is C.CC.CC1=CC(NPP)=C(C(=O)OP)C1.IC(I)I.ICI.NC1=C(C(=O)OP)CC=C1. The second kappa shape index (κ2) is 29.4. The van der Waals surface area contributed by atoms with Crippen LogP contribution < -0.4 is 10.8 Å². The number of nitrogens with one attached hydrogen (secondary N) is 1. The fourth-order valence-electron chi connectivity index (χ4n) is 2.00. The summed E-state index contributed by atoms with van der Waals surface area (Å²) in [6.07, 6.45) is 6.78. The van der Waals surface area contributed by atoms with E-state index in [4.69, 9.17) is 5.73 Å². The third-order valence-corrected chi connectivity index (χ3v) is 4.33. The first-order valence-electron chi connectivity index (χ1n) is 8.72. The van der Waals surface area contributed by atoms with Crippen molar-refractivity contribution in [2.45, 2.75) is 41.0 Å². The first-order valence-corrected chi connectivity index (χ1v) is 19.3. The zero-order valence-electron chi connectivity index (χ0n) is 17.8. The third-order valence-electron chi connectivity index (χ3n) is 3.05. The Morgan fingerprint density at radius 1 is 1.15 bits per heavy atom. The van der Waals surface area contributed by atoms with E-state index in [1.807, 2.05) is 51.9 Å². The van der Waals surface area contributed by atoms with E-state index in [0.717, 1.165) is 5.64 Å². The number of nitrogens with two attached hydrogens (primary N) is 1. The summed E-state index contributed by atoms with van der Waals surface area (Å²) in [6.45, 7) is 6.00. The van der Waals surface area contributed by atoms with E-state index >= 15 is 0 Å². The van der Waals surface area contributed by atoms with Gasteiger partial charge in [-0.2, -0.15) is 0 Å². The van der Waals surface area contributed by atoms with Gasteiger partial charge in [-0.1, -0.05) is 155 Å². The molecular formula is C18H33I5N2O4P4. The van der Waals surface area contributed by atoms with E-state index in [2.05, 4.69) is 136 Å². The Kier molecular flexibility index (Phi) is 38.3. The van der Waals surface area contributed by atoms with Gasteiger partial charge in [-0.25, -0.2) is 9.59 Å². The average Bonchev–Trinajstić information content (AvgIpc) is 3.34. The van der Waals surface area contributed by atoms with Gasteiger partial charge in [0, 0.05) is 17.8 Å². The maximum absolute atomic E-state index is 11.3. The molecular weight excluding hydrogens is 1070 g/mol. The van der Waals surface area contributed by atoms with Crippen LogP contribution in [0.3, 0.4) is 0 Å². The molecule has 0 spiro atoms. The van der Waals surface area contributed by atoms with Crippen LogP contribution in [0.5, 0.6) is 0 Å². The lowest BCUT2D eigenvalue weighted by atomic mass is 10.2. The van der Waals surface area contributed by atoms with E-state index in [1.165, 1.54) is 8.01 Å². The summed E-state index contributed by atoms with van der Waals surface area (Å²) in [6, 6.07) is 0. The predicted octanol–water partition coefficient (Wildman–Crippen LogP) is 8.44. The molecule has 194 valence electrons. The van der Waals surface area contributed by atoms with Crippen LogP contribution in [0.2, 0.25) is 0 Å². The maximum atomic E-state index is 11.3. The highest BCUT2D eigenvalue weighted by Gasteiger charge is 2.20. The first-order chi connectivity index (χ1) is 15.1. The molecule has 2 rings (SSSR count). The number of rotatable bonds is 4. The highest BCUT2D eigenvalue weighted by Crippen LogP contribution is 2.29. The lowest BCUT2D eigenvalue weighted by Crippen LogP contribution is -2.07. The van der Waals surface area contributed by atoms with Crippen molar-refractivity contribution in [2.75, 3.05) is 2.43 Å². The monoisotopic (exact) mass is 1100 g/mol. The van der Waals surface area contributed by atoms with Gasteiger partial charge in [0.1, 0.15) is -0.0619 Å². The molecule has 33 heavy (non-hydrogen) atoms. The van der Waals surface area contributed by atoms with Gasteiger partial charge in [0.05, 0.1) is 32.5 Å². The number of hydrogen-bond donors (Lipinski definition) is 2. The number of carbonyl (C=O) groups excluding carboxylic acids is 2. The summed E-state index contributed by atoms with van der Waals surface area (Å²) in [5.41, 5.74) is 9.26. The molecule has 0 fully saturated rings. The van der Waals surface area contributed by atoms with E-state index in [-0.39, 0.29) is 19.4 Å². The van der Waals surface area contributed by atoms with Crippen molar-refractivity contribution in [3.8, 4) is 0 Å². The third kappa shape index (κ3) is 23.7. The molecule has 0 saturated carbocycles. The number of carbonyl (C=O) groups is 2. The molecule has 0 aromatic carbocycles. The van der Waals surface area contributed by atoms with Crippen LogP contribution >= 0.6 is 149 Å². The van der Waals surface area contributed by atoms with E-state index in [1.54, 1.807) is 6.08 Å². The van der Waals surface area contributed by atoms with Crippen molar-refractivity contribution in [3.05, 3.63) is 46.3 Å². The van der Waals surface area contributed by atoms with Gasteiger partial charge in [0.2, 0.25) is 0 Å². The second-order valence-electron chi connectivity index (χ2n) is 5.03. The van der Waals surface area contributed by atoms with E-state index in [0.29, 0.717) is 38.1 Å². The van der Waals surface area contributed by atoms with E-state index < -0.39 is 0 Å². The molecule has 3 N–H and O–H groups in total. The van der Waals surface area contributed by atoms with Crippen LogP contribution in [-0.4, -0.2) is 14.3 Å². The zero-order chi connectivity index (χ0) is 25.7. The van der Waals surface area contributed by atoms with Crippen LogP contribution in [0.1, 0.15) is 41.0 Å². The van der Waals surface area contributed by atoms with Crippen LogP contribution in [0.15, 0.2) is 46.3 Å². The number of halogens is 5. The van der Waals surface area contributed by atoms with Crippen LogP contribution in [0.25, 0.3) is 0 Å². The van der Waals surface area contributed by atoms with Gasteiger partial charge in [0.25, 0.3) is 0 Å². The Labute approximate surface area is 276 Å². The van der Waals surface area contributed by atoms with Gasteiger partial charge in [-0.3, -0.25) is 0 Å². The molecule has 0 aliphatic heterocycles. The fraction of sp³-hybridized carbons (Fsp3) is 0.444. The Morgan fingerprint density at radius 2 is 1.58 bits per heavy atom. The molecule has 4 atom stereocenters.